The zero-order chi connectivity index (χ0) is 27.2. The summed E-state index contributed by atoms with van der Waals surface area (Å²) in [6, 6.07) is 15.7. The lowest BCUT2D eigenvalue weighted by molar-refractivity contribution is -0.137. The largest absolute Gasteiger partial charge is 0.418 e. The van der Waals surface area contributed by atoms with Gasteiger partial charge in [0.2, 0.25) is 5.91 Å². The number of carbonyl (C=O) groups excluding carboxylic acids is 1. The minimum absolute atomic E-state index is 0.00195. The average molecular weight is 538 g/mol. The molecular formula is C29H30F3N5O2. The molecule has 5 rings (SSSR count). The Labute approximate surface area is 224 Å². The molecule has 3 heterocycles. The first kappa shape index (κ1) is 26.7. The zero-order valence-corrected chi connectivity index (χ0v) is 21.4. The van der Waals surface area contributed by atoms with Crippen LogP contribution in [0.3, 0.4) is 0 Å². The van der Waals surface area contributed by atoms with Gasteiger partial charge in [-0.3, -0.25) is 9.69 Å². The number of aryl methyl sites for hydroxylation is 1. The quantitative estimate of drug-likeness (QED) is 0.260. The minimum atomic E-state index is -4.55. The van der Waals surface area contributed by atoms with Crippen molar-refractivity contribution < 1.29 is 22.7 Å². The van der Waals surface area contributed by atoms with Gasteiger partial charge in [0.1, 0.15) is 5.65 Å². The average Bonchev–Trinajstić information content (AvgIpc) is 3.41. The Morgan fingerprint density at radius 1 is 1.05 bits per heavy atom. The molecule has 0 aliphatic carbocycles. The van der Waals surface area contributed by atoms with Gasteiger partial charge in [0.25, 0.3) is 0 Å². The monoisotopic (exact) mass is 537 g/mol. The highest BCUT2D eigenvalue weighted by Crippen LogP contribution is 2.36. The summed E-state index contributed by atoms with van der Waals surface area (Å²) in [5.74, 6) is -0.350. The Bertz CT molecular complexity index is 1430. The van der Waals surface area contributed by atoms with Gasteiger partial charge >= 0.3 is 6.18 Å². The Morgan fingerprint density at radius 2 is 1.90 bits per heavy atom. The molecule has 2 aromatic heterocycles. The molecule has 2 aromatic carbocycles. The molecule has 1 aliphatic rings. The summed E-state index contributed by atoms with van der Waals surface area (Å²) < 4.78 is 46.6. The maximum atomic E-state index is 13.8. The highest BCUT2D eigenvalue weighted by molar-refractivity contribution is 5.91. The standard InChI is InChI=1S/C29H30F3N5O2/c30-29(31,32)25-18-24(5-6-26(25)33-10-11-37-12-14-39-15-13-37)36-27(38)7-4-20-2-1-3-21(16-20)23-17-22-8-9-34-28(22)35-19-23/h1-3,5-6,8-9,16-19,33H,4,7,10-15H2,(H,34,35)(H,36,38). The second-order valence-corrected chi connectivity index (χ2v) is 9.53. The van der Waals surface area contributed by atoms with Gasteiger partial charge in [0.15, 0.2) is 0 Å². The van der Waals surface area contributed by atoms with Crippen molar-refractivity contribution in [2.45, 2.75) is 19.0 Å². The Hall–Kier alpha value is -3.89. The number of ether oxygens (including phenoxy) is 1. The molecule has 39 heavy (non-hydrogen) atoms. The molecule has 0 unspecified atom stereocenters. The van der Waals surface area contributed by atoms with E-state index in [0.717, 1.165) is 46.9 Å². The second kappa shape index (κ2) is 11.9. The van der Waals surface area contributed by atoms with Gasteiger partial charge in [-0.1, -0.05) is 24.3 Å². The first-order valence-corrected chi connectivity index (χ1v) is 12.9. The molecule has 0 spiro atoms. The number of rotatable bonds is 9. The lowest BCUT2D eigenvalue weighted by Gasteiger charge is -2.27. The number of carbonyl (C=O) groups is 1. The Kier molecular flexibility index (Phi) is 8.13. The third-order valence-corrected chi connectivity index (χ3v) is 6.76. The number of aromatic nitrogens is 2. The topological polar surface area (TPSA) is 82.3 Å². The van der Waals surface area contributed by atoms with E-state index < -0.39 is 11.7 Å². The fourth-order valence-electron chi connectivity index (χ4n) is 4.67. The van der Waals surface area contributed by atoms with Crippen molar-refractivity contribution in [1.82, 2.24) is 14.9 Å². The van der Waals surface area contributed by atoms with E-state index in [4.69, 9.17) is 4.74 Å². The molecule has 1 aliphatic heterocycles. The fraction of sp³-hybridized carbons (Fsp3) is 0.310. The third kappa shape index (κ3) is 6.96. The maximum absolute atomic E-state index is 13.8. The SMILES string of the molecule is O=C(CCc1cccc(-c2cnc3[nH]ccc3c2)c1)Nc1ccc(NCCN2CCOCC2)c(C(F)(F)F)c1. The zero-order valence-electron chi connectivity index (χ0n) is 21.4. The highest BCUT2D eigenvalue weighted by Gasteiger charge is 2.34. The summed E-state index contributed by atoms with van der Waals surface area (Å²) in [7, 11) is 0. The summed E-state index contributed by atoms with van der Waals surface area (Å²) in [5, 5.41) is 6.53. The summed E-state index contributed by atoms with van der Waals surface area (Å²) in [4.78, 5) is 22.3. The summed E-state index contributed by atoms with van der Waals surface area (Å²) in [5.41, 5.74) is 3.03. The van der Waals surface area contributed by atoms with Crippen LogP contribution in [0.4, 0.5) is 24.5 Å². The molecule has 1 saturated heterocycles. The van der Waals surface area contributed by atoms with Crippen LogP contribution >= 0.6 is 0 Å². The smallest absolute Gasteiger partial charge is 0.383 e. The van der Waals surface area contributed by atoms with Gasteiger partial charge in [-0.2, -0.15) is 13.2 Å². The Morgan fingerprint density at radius 3 is 2.72 bits per heavy atom. The molecule has 10 heteroatoms. The van der Waals surface area contributed by atoms with Crippen LogP contribution in [-0.4, -0.2) is 60.2 Å². The van der Waals surface area contributed by atoms with Gasteiger partial charge in [-0.25, -0.2) is 4.98 Å². The molecule has 1 fully saturated rings. The van der Waals surface area contributed by atoms with Crippen LogP contribution in [0, 0.1) is 0 Å². The lowest BCUT2D eigenvalue weighted by Crippen LogP contribution is -2.39. The molecule has 0 bridgehead atoms. The molecule has 0 radical (unpaired) electrons. The number of aromatic amines is 1. The predicted octanol–water partition coefficient (Wildman–Crippen LogP) is 5.56. The van der Waals surface area contributed by atoms with Gasteiger partial charge < -0.3 is 20.4 Å². The van der Waals surface area contributed by atoms with Gasteiger partial charge in [-0.15, -0.1) is 0 Å². The van der Waals surface area contributed by atoms with Gasteiger partial charge in [0.05, 0.1) is 18.8 Å². The number of nitrogens with zero attached hydrogens (tertiary/aromatic N) is 2. The molecule has 3 N–H and O–H groups in total. The van der Waals surface area contributed by atoms with Crippen LogP contribution in [0.15, 0.2) is 67.0 Å². The Balaban J connectivity index is 1.19. The molecular weight excluding hydrogens is 507 g/mol. The van der Waals surface area contributed by atoms with Crippen molar-refractivity contribution in [2.24, 2.45) is 0 Å². The number of anilines is 2. The number of morpholine rings is 1. The van der Waals surface area contributed by atoms with Crippen molar-refractivity contribution in [2.75, 3.05) is 50.0 Å². The van der Waals surface area contributed by atoms with Crippen LogP contribution in [0.25, 0.3) is 22.2 Å². The predicted molar refractivity (Wildman–Crippen MR) is 146 cm³/mol. The van der Waals surface area contributed by atoms with E-state index in [1.807, 2.05) is 42.6 Å². The first-order chi connectivity index (χ1) is 18.8. The van der Waals surface area contributed by atoms with Crippen molar-refractivity contribution >= 4 is 28.3 Å². The first-order valence-electron chi connectivity index (χ1n) is 12.9. The number of nitrogens with one attached hydrogen (secondary N) is 3. The van der Waals surface area contributed by atoms with Crippen LogP contribution in [-0.2, 0) is 22.1 Å². The van der Waals surface area contributed by atoms with Crippen molar-refractivity contribution in [3.63, 3.8) is 0 Å². The van der Waals surface area contributed by atoms with Gasteiger partial charge in [-0.05, 0) is 47.9 Å². The van der Waals surface area contributed by atoms with E-state index in [9.17, 15) is 18.0 Å². The number of amides is 1. The number of halogens is 3. The number of pyridine rings is 1. The number of benzene rings is 2. The van der Waals surface area contributed by atoms with Crippen LogP contribution < -0.4 is 10.6 Å². The van der Waals surface area contributed by atoms with Crippen LogP contribution in [0.1, 0.15) is 17.5 Å². The summed E-state index contributed by atoms with van der Waals surface area (Å²) in [6.07, 6.45) is -0.331. The maximum Gasteiger partial charge on any atom is 0.418 e. The molecule has 0 saturated carbocycles. The summed E-state index contributed by atoms with van der Waals surface area (Å²) >= 11 is 0. The molecule has 1 amide bonds. The normalized spacial score (nSPS) is 14.4. The molecule has 0 atom stereocenters. The van der Waals surface area contributed by atoms with E-state index in [1.165, 1.54) is 12.1 Å². The molecule has 7 nitrogen and oxygen atoms in total. The van der Waals surface area contributed by atoms with E-state index >= 15 is 0 Å². The lowest BCUT2D eigenvalue weighted by atomic mass is 10.0. The van der Waals surface area contributed by atoms with Gasteiger partial charge in [0, 0.05) is 67.3 Å². The van der Waals surface area contributed by atoms with Crippen LogP contribution in [0.2, 0.25) is 0 Å². The number of hydrogen-bond acceptors (Lipinski definition) is 5. The minimum Gasteiger partial charge on any atom is -0.383 e. The third-order valence-electron chi connectivity index (χ3n) is 6.76. The van der Waals surface area contributed by atoms with E-state index in [0.29, 0.717) is 32.7 Å². The van der Waals surface area contributed by atoms with Crippen molar-refractivity contribution in [3.8, 4) is 11.1 Å². The fourth-order valence-corrected chi connectivity index (χ4v) is 4.67. The number of alkyl halides is 3. The summed E-state index contributed by atoms with van der Waals surface area (Å²) in [6.45, 7) is 3.80. The number of hydrogen-bond donors (Lipinski definition) is 3. The van der Waals surface area contributed by atoms with Crippen molar-refractivity contribution in [1.29, 1.82) is 0 Å². The van der Waals surface area contributed by atoms with E-state index in [2.05, 4.69) is 25.5 Å². The highest BCUT2D eigenvalue weighted by atomic mass is 19.4. The number of H-pyrrole nitrogens is 1. The van der Waals surface area contributed by atoms with E-state index in [-0.39, 0.29) is 23.7 Å². The van der Waals surface area contributed by atoms with E-state index in [1.54, 1.807) is 6.20 Å². The van der Waals surface area contributed by atoms with Crippen molar-refractivity contribution in [3.05, 3.63) is 78.1 Å². The number of fused-ring (bicyclic) bond motifs is 1. The molecule has 4 aromatic rings. The van der Waals surface area contributed by atoms with Crippen LogP contribution in [0.5, 0.6) is 0 Å². The second-order valence-electron chi connectivity index (χ2n) is 9.53. The molecule has 204 valence electrons.